The van der Waals surface area contributed by atoms with E-state index in [1.165, 1.54) is 0 Å². The van der Waals surface area contributed by atoms with E-state index in [1.54, 1.807) is 10.6 Å². The number of amides is 1. The summed E-state index contributed by atoms with van der Waals surface area (Å²) < 4.78 is 7.18. The van der Waals surface area contributed by atoms with Gasteiger partial charge >= 0.3 is 6.09 Å². The highest BCUT2D eigenvalue weighted by atomic mass is 16.6. The summed E-state index contributed by atoms with van der Waals surface area (Å²) in [7, 11) is 0. The second-order valence-corrected chi connectivity index (χ2v) is 9.57. The lowest BCUT2D eigenvalue weighted by Crippen LogP contribution is -2.35. The molecule has 0 bridgehead atoms. The minimum Gasteiger partial charge on any atom is -0.444 e. The molecule has 2 aromatic carbocycles. The van der Waals surface area contributed by atoms with E-state index in [0.717, 1.165) is 22.1 Å². The van der Waals surface area contributed by atoms with E-state index < -0.39 is 11.7 Å². The molecule has 6 heteroatoms. The molecule has 0 saturated carbocycles. The first kappa shape index (κ1) is 24.1. The lowest BCUT2D eigenvalue weighted by atomic mass is 9.94. The van der Waals surface area contributed by atoms with E-state index >= 15 is 0 Å². The van der Waals surface area contributed by atoms with Gasteiger partial charge in [0, 0.05) is 23.2 Å². The minimum absolute atomic E-state index is 0.108. The number of nitriles is 1. The van der Waals surface area contributed by atoms with Crippen LogP contribution in [0.15, 0.2) is 53.3 Å². The molecule has 0 spiro atoms. The number of alkyl carbamates (subject to hydrolysis) is 1. The zero-order valence-corrected chi connectivity index (χ0v) is 19.9. The number of aromatic nitrogens is 1. The molecule has 0 fully saturated rings. The Bertz CT molecular complexity index is 1250. The number of carbonyl (C=O) groups excluding carboxylic acids is 1. The fourth-order valence-corrected chi connectivity index (χ4v) is 3.88. The molecule has 0 aliphatic heterocycles. The normalized spacial score (nSPS) is 11.4. The molecule has 1 N–H and O–H groups in total. The van der Waals surface area contributed by atoms with Crippen LogP contribution in [-0.4, -0.2) is 16.3 Å². The maximum Gasteiger partial charge on any atom is 0.407 e. The molecule has 6 nitrogen and oxygen atoms in total. The number of hydrogen-bond donors (Lipinski definition) is 1. The summed E-state index contributed by atoms with van der Waals surface area (Å²) in [5.41, 5.74) is 2.64. The molecule has 0 aliphatic rings. The SMILES string of the molecule is CC(C)Cn1c(CNC(=O)OC(C)(C)C)c(-c2ccccc2)c2cc(CC#N)ccc2c1=O. The highest BCUT2D eigenvalue weighted by Crippen LogP contribution is 2.32. The van der Waals surface area contributed by atoms with Gasteiger partial charge in [0.2, 0.25) is 0 Å². The Kier molecular flexibility index (Phi) is 7.23. The third-order valence-electron chi connectivity index (χ3n) is 5.14. The topological polar surface area (TPSA) is 84.1 Å². The van der Waals surface area contributed by atoms with E-state index in [-0.39, 0.29) is 24.4 Å². The van der Waals surface area contributed by atoms with E-state index in [1.807, 2.05) is 63.2 Å². The molecule has 1 aromatic heterocycles. The molecule has 0 unspecified atom stereocenters. The lowest BCUT2D eigenvalue weighted by Gasteiger charge is -2.23. The van der Waals surface area contributed by atoms with Crippen molar-refractivity contribution in [2.75, 3.05) is 0 Å². The number of hydrogen-bond acceptors (Lipinski definition) is 4. The van der Waals surface area contributed by atoms with Crippen LogP contribution in [0, 0.1) is 17.2 Å². The molecule has 3 rings (SSSR count). The van der Waals surface area contributed by atoms with Crippen molar-refractivity contribution in [2.24, 2.45) is 5.92 Å². The Morgan fingerprint density at radius 1 is 1.12 bits per heavy atom. The molecule has 0 radical (unpaired) electrons. The summed E-state index contributed by atoms with van der Waals surface area (Å²) in [6, 6.07) is 17.6. The zero-order valence-electron chi connectivity index (χ0n) is 19.9. The molecular formula is C27H31N3O3. The summed E-state index contributed by atoms with van der Waals surface area (Å²) in [5, 5.41) is 13.4. The number of benzene rings is 2. The standard InChI is InChI=1S/C27H31N3O3/c1-18(2)17-30-23(16-29-26(32)33-27(3,4)5)24(20-9-7-6-8-10-20)22-15-19(13-14-28)11-12-21(22)25(30)31/h6-12,15,18H,13,16-17H2,1-5H3,(H,29,32). The Morgan fingerprint density at radius 3 is 2.42 bits per heavy atom. The number of nitrogens with zero attached hydrogens (tertiary/aromatic N) is 2. The van der Waals surface area contributed by atoms with Crippen molar-refractivity contribution in [1.29, 1.82) is 5.26 Å². The van der Waals surface area contributed by atoms with Crippen molar-refractivity contribution < 1.29 is 9.53 Å². The van der Waals surface area contributed by atoms with Crippen LogP contribution < -0.4 is 10.9 Å². The lowest BCUT2D eigenvalue weighted by molar-refractivity contribution is 0.0522. The van der Waals surface area contributed by atoms with E-state index in [0.29, 0.717) is 17.6 Å². The monoisotopic (exact) mass is 445 g/mol. The van der Waals surface area contributed by atoms with Gasteiger partial charge in [0.05, 0.1) is 19.0 Å². The number of ether oxygens (including phenoxy) is 1. The van der Waals surface area contributed by atoms with Crippen LogP contribution in [-0.2, 0) is 24.2 Å². The third kappa shape index (κ3) is 5.81. The number of pyridine rings is 1. The summed E-state index contributed by atoms with van der Waals surface area (Å²) >= 11 is 0. The van der Waals surface area contributed by atoms with Crippen molar-refractivity contribution in [3.05, 3.63) is 70.1 Å². The zero-order chi connectivity index (χ0) is 24.2. The van der Waals surface area contributed by atoms with Gasteiger partial charge in [-0.1, -0.05) is 50.2 Å². The van der Waals surface area contributed by atoms with Gasteiger partial charge in [-0.2, -0.15) is 5.26 Å². The molecule has 0 saturated heterocycles. The van der Waals surface area contributed by atoms with E-state index in [9.17, 15) is 14.9 Å². The predicted octanol–water partition coefficient (Wildman–Crippen LogP) is 5.42. The number of carbonyl (C=O) groups is 1. The second kappa shape index (κ2) is 9.91. The summed E-state index contributed by atoms with van der Waals surface area (Å²) in [6.07, 6.45) is -0.284. The van der Waals surface area contributed by atoms with Gasteiger partial charge in [0.1, 0.15) is 5.60 Å². The Labute approximate surface area is 194 Å². The van der Waals surface area contributed by atoms with Crippen LogP contribution in [0.1, 0.15) is 45.9 Å². The average molecular weight is 446 g/mol. The molecule has 0 aliphatic carbocycles. The molecule has 1 heterocycles. The minimum atomic E-state index is -0.625. The van der Waals surface area contributed by atoms with Crippen molar-refractivity contribution in [3.63, 3.8) is 0 Å². The Morgan fingerprint density at radius 2 is 1.82 bits per heavy atom. The summed E-state index contributed by atoms with van der Waals surface area (Å²) in [4.78, 5) is 26.0. The van der Waals surface area contributed by atoms with Gasteiger partial charge in [-0.05, 0) is 55.3 Å². The Balaban J connectivity index is 2.28. The van der Waals surface area contributed by atoms with Gasteiger partial charge < -0.3 is 14.6 Å². The second-order valence-electron chi connectivity index (χ2n) is 9.57. The van der Waals surface area contributed by atoms with Gasteiger partial charge in [-0.25, -0.2) is 4.79 Å². The molecule has 33 heavy (non-hydrogen) atoms. The van der Waals surface area contributed by atoms with Crippen molar-refractivity contribution >= 4 is 16.9 Å². The van der Waals surface area contributed by atoms with Crippen LogP contribution in [0.2, 0.25) is 0 Å². The fourth-order valence-electron chi connectivity index (χ4n) is 3.88. The summed E-state index contributed by atoms with van der Waals surface area (Å²) in [6.45, 7) is 10.2. The van der Waals surface area contributed by atoms with Crippen LogP contribution in [0.4, 0.5) is 4.79 Å². The first-order valence-electron chi connectivity index (χ1n) is 11.2. The van der Waals surface area contributed by atoms with Gasteiger partial charge in [-0.15, -0.1) is 0 Å². The van der Waals surface area contributed by atoms with Gasteiger partial charge in [-0.3, -0.25) is 4.79 Å². The quantitative estimate of drug-likeness (QED) is 0.549. The van der Waals surface area contributed by atoms with Crippen molar-refractivity contribution in [1.82, 2.24) is 9.88 Å². The molecule has 3 aromatic rings. The average Bonchev–Trinajstić information content (AvgIpc) is 2.74. The molecule has 1 amide bonds. The molecule has 0 atom stereocenters. The van der Waals surface area contributed by atoms with Crippen LogP contribution in [0.25, 0.3) is 21.9 Å². The number of fused-ring (bicyclic) bond motifs is 1. The van der Waals surface area contributed by atoms with Gasteiger partial charge in [0.15, 0.2) is 0 Å². The largest absolute Gasteiger partial charge is 0.444 e. The van der Waals surface area contributed by atoms with Crippen molar-refractivity contribution in [3.8, 4) is 17.2 Å². The smallest absolute Gasteiger partial charge is 0.407 e. The Hall–Kier alpha value is -3.59. The highest BCUT2D eigenvalue weighted by molar-refractivity contribution is 5.98. The maximum absolute atomic E-state index is 13.6. The fraction of sp³-hybridized carbons (Fsp3) is 0.370. The molecule has 172 valence electrons. The van der Waals surface area contributed by atoms with Crippen LogP contribution >= 0.6 is 0 Å². The van der Waals surface area contributed by atoms with Gasteiger partial charge in [0.25, 0.3) is 5.56 Å². The summed E-state index contributed by atoms with van der Waals surface area (Å²) in [5.74, 6) is 0.224. The first-order chi connectivity index (χ1) is 15.6. The molecular weight excluding hydrogens is 414 g/mol. The first-order valence-corrected chi connectivity index (χ1v) is 11.2. The van der Waals surface area contributed by atoms with E-state index in [2.05, 4.69) is 25.2 Å². The predicted molar refractivity (Wildman–Crippen MR) is 131 cm³/mol. The van der Waals surface area contributed by atoms with Crippen molar-refractivity contribution in [2.45, 2.75) is 59.7 Å². The van der Waals surface area contributed by atoms with Crippen LogP contribution in [0.5, 0.6) is 0 Å². The number of rotatable bonds is 6. The number of nitrogens with one attached hydrogen (secondary N) is 1. The third-order valence-corrected chi connectivity index (χ3v) is 5.14. The maximum atomic E-state index is 13.6. The highest BCUT2D eigenvalue weighted by Gasteiger charge is 2.21. The van der Waals surface area contributed by atoms with Crippen LogP contribution in [0.3, 0.4) is 0 Å². The van der Waals surface area contributed by atoms with E-state index in [4.69, 9.17) is 4.74 Å².